The van der Waals surface area contributed by atoms with E-state index >= 15 is 0 Å². The van der Waals surface area contributed by atoms with Crippen LogP contribution in [0.5, 0.6) is 0 Å². The predicted molar refractivity (Wildman–Crippen MR) is 43.9 cm³/mol. The largest absolute Gasteiger partial charge is 0.469 e. The minimum Gasteiger partial charge on any atom is -0.469 e. The summed E-state index contributed by atoms with van der Waals surface area (Å²) >= 11 is 0. The molecule has 0 aliphatic carbocycles. The number of hydrogen-bond donors (Lipinski definition) is 1. The standard InChI is InChI=1S/C8H9F3N2O2/c1-15-7(14)3-2-5-4-6(13-12-5)8(9,10)11/h4H,2-3H2,1H3,(H,12,13). The molecule has 1 N–H and O–H groups in total. The Morgan fingerprint density at radius 1 is 1.60 bits per heavy atom. The maximum absolute atomic E-state index is 12.1. The molecule has 1 aromatic heterocycles. The van der Waals surface area contributed by atoms with Gasteiger partial charge in [-0.25, -0.2) is 0 Å². The van der Waals surface area contributed by atoms with Crippen molar-refractivity contribution in [2.24, 2.45) is 0 Å². The summed E-state index contributed by atoms with van der Waals surface area (Å²) in [5, 5.41) is 5.30. The first-order valence-corrected chi connectivity index (χ1v) is 4.12. The van der Waals surface area contributed by atoms with Crippen molar-refractivity contribution in [3.05, 3.63) is 17.5 Å². The van der Waals surface area contributed by atoms with E-state index in [1.165, 1.54) is 7.11 Å². The normalized spacial score (nSPS) is 11.5. The van der Waals surface area contributed by atoms with E-state index in [1.54, 1.807) is 0 Å². The molecule has 0 fully saturated rings. The summed E-state index contributed by atoms with van der Waals surface area (Å²) in [6.45, 7) is 0. The molecule has 15 heavy (non-hydrogen) atoms. The van der Waals surface area contributed by atoms with Crippen LogP contribution in [-0.2, 0) is 22.1 Å². The molecule has 0 spiro atoms. The number of carbonyl (C=O) groups is 1. The molecule has 0 bridgehead atoms. The highest BCUT2D eigenvalue weighted by molar-refractivity contribution is 5.69. The second-order valence-corrected chi connectivity index (χ2v) is 2.85. The molecule has 0 aliphatic heterocycles. The van der Waals surface area contributed by atoms with Crippen molar-refractivity contribution in [1.29, 1.82) is 0 Å². The second kappa shape index (κ2) is 4.33. The van der Waals surface area contributed by atoms with E-state index < -0.39 is 17.8 Å². The molecule has 0 aliphatic rings. The van der Waals surface area contributed by atoms with Crippen molar-refractivity contribution < 1.29 is 22.7 Å². The summed E-state index contributed by atoms with van der Waals surface area (Å²) < 4.78 is 40.6. The van der Waals surface area contributed by atoms with Gasteiger partial charge in [0.05, 0.1) is 13.5 Å². The molecule has 1 rings (SSSR count). The van der Waals surface area contributed by atoms with Crippen LogP contribution in [-0.4, -0.2) is 23.3 Å². The molecule has 0 saturated heterocycles. The van der Waals surface area contributed by atoms with E-state index in [1.807, 2.05) is 0 Å². The van der Waals surface area contributed by atoms with E-state index in [9.17, 15) is 18.0 Å². The van der Waals surface area contributed by atoms with Gasteiger partial charge in [-0.1, -0.05) is 0 Å². The summed E-state index contributed by atoms with van der Waals surface area (Å²) in [4.78, 5) is 10.7. The Morgan fingerprint density at radius 2 is 2.27 bits per heavy atom. The summed E-state index contributed by atoms with van der Waals surface area (Å²) in [6.07, 6.45) is -4.29. The molecular weight excluding hydrogens is 213 g/mol. The van der Waals surface area contributed by atoms with Gasteiger partial charge in [0.15, 0.2) is 5.69 Å². The molecule has 4 nitrogen and oxygen atoms in total. The quantitative estimate of drug-likeness (QED) is 0.789. The van der Waals surface area contributed by atoms with Gasteiger partial charge in [-0.3, -0.25) is 9.89 Å². The Balaban J connectivity index is 2.58. The number of methoxy groups -OCH3 is 1. The maximum atomic E-state index is 12.1. The molecule has 0 atom stereocenters. The zero-order valence-corrected chi connectivity index (χ0v) is 7.89. The first-order chi connectivity index (χ1) is 6.93. The lowest BCUT2D eigenvalue weighted by molar-refractivity contribution is -0.141. The highest BCUT2D eigenvalue weighted by Gasteiger charge is 2.33. The molecule has 0 unspecified atom stereocenters. The molecule has 0 aromatic carbocycles. The van der Waals surface area contributed by atoms with Crippen LogP contribution >= 0.6 is 0 Å². The summed E-state index contributed by atoms with van der Waals surface area (Å²) in [6, 6.07) is 0.878. The molecule has 0 saturated carbocycles. The van der Waals surface area contributed by atoms with Crippen molar-refractivity contribution in [3.8, 4) is 0 Å². The SMILES string of the molecule is COC(=O)CCc1cc(C(F)(F)F)n[nH]1. The van der Waals surface area contributed by atoms with E-state index in [2.05, 4.69) is 14.9 Å². The Morgan fingerprint density at radius 3 is 2.73 bits per heavy atom. The summed E-state index contributed by atoms with van der Waals surface area (Å²) in [7, 11) is 1.22. The van der Waals surface area contributed by atoms with Gasteiger partial charge >= 0.3 is 12.1 Å². The topological polar surface area (TPSA) is 55.0 Å². The highest BCUT2D eigenvalue weighted by Crippen LogP contribution is 2.27. The van der Waals surface area contributed by atoms with Crippen molar-refractivity contribution in [2.75, 3.05) is 7.11 Å². The Kier molecular flexibility index (Phi) is 3.33. The maximum Gasteiger partial charge on any atom is 0.435 e. The smallest absolute Gasteiger partial charge is 0.435 e. The van der Waals surface area contributed by atoms with Gasteiger partial charge in [-0.15, -0.1) is 0 Å². The first kappa shape index (κ1) is 11.5. The number of aromatic amines is 1. The van der Waals surface area contributed by atoms with E-state index in [0.29, 0.717) is 0 Å². The second-order valence-electron chi connectivity index (χ2n) is 2.85. The lowest BCUT2D eigenvalue weighted by Crippen LogP contribution is -2.04. The molecule has 1 heterocycles. The van der Waals surface area contributed by atoms with Gasteiger partial charge in [0.2, 0.25) is 0 Å². The lowest BCUT2D eigenvalue weighted by atomic mass is 10.2. The van der Waals surface area contributed by atoms with Crippen LogP contribution in [0.3, 0.4) is 0 Å². The van der Waals surface area contributed by atoms with Crippen molar-refractivity contribution in [1.82, 2.24) is 10.2 Å². The third kappa shape index (κ3) is 3.26. The van der Waals surface area contributed by atoms with Gasteiger partial charge in [-0.2, -0.15) is 18.3 Å². The van der Waals surface area contributed by atoms with Crippen LogP contribution in [0.15, 0.2) is 6.07 Å². The van der Waals surface area contributed by atoms with E-state index in [0.717, 1.165) is 6.07 Å². The number of aryl methyl sites for hydroxylation is 1. The number of carbonyl (C=O) groups excluding carboxylic acids is 1. The van der Waals surface area contributed by atoms with Crippen LogP contribution in [0.25, 0.3) is 0 Å². The number of nitrogens with one attached hydrogen (secondary N) is 1. The number of nitrogens with zero attached hydrogens (tertiary/aromatic N) is 1. The van der Waals surface area contributed by atoms with Crippen molar-refractivity contribution in [3.63, 3.8) is 0 Å². The van der Waals surface area contributed by atoms with Gasteiger partial charge in [-0.05, 0) is 12.5 Å². The molecule has 1 aromatic rings. The minimum absolute atomic E-state index is 0.0238. The number of aromatic nitrogens is 2. The Bertz CT molecular complexity index is 346. The van der Waals surface area contributed by atoms with Crippen LogP contribution in [0.4, 0.5) is 13.2 Å². The van der Waals surface area contributed by atoms with Gasteiger partial charge < -0.3 is 4.74 Å². The molecule has 7 heteroatoms. The number of H-pyrrole nitrogens is 1. The molecular formula is C8H9F3N2O2. The first-order valence-electron chi connectivity index (χ1n) is 4.12. The predicted octanol–water partition coefficient (Wildman–Crippen LogP) is 1.53. The lowest BCUT2D eigenvalue weighted by Gasteiger charge is -1.98. The fourth-order valence-electron chi connectivity index (χ4n) is 0.974. The summed E-state index contributed by atoms with van der Waals surface area (Å²) in [5.41, 5.74) is -0.727. The monoisotopic (exact) mass is 222 g/mol. The van der Waals surface area contributed by atoms with Crippen LogP contribution in [0.2, 0.25) is 0 Å². The summed E-state index contributed by atoms with van der Waals surface area (Å²) in [5.74, 6) is -0.474. The third-order valence-corrected chi connectivity index (χ3v) is 1.75. The van der Waals surface area contributed by atoms with Crippen molar-refractivity contribution in [2.45, 2.75) is 19.0 Å². The third-order valence-electron chi connectivity index (χ3n) is 1.75. The number of alkyl halides is 3. The Labute approximate surface area is 83.4 Å². The fraction of sp³-hybridized carbons (Fsp3) is 0.500. The van der Waals surface area contributed by atoms with Crippen molar-refractivity contribution >= 4 is 5.97 Å². The van der Waals surface area contributed by atoms with Crippen LogP contribution < -0.4 is 0 Å². The average Bonchev–Trinajstić information content (AvgIpc) is 2.61. The van der Waals surface area contributed by atoms with Gasteiger partial charge in [0.25, 0.3) is 0 Å². The zero-order valence-electron chi connectivity index (χ0n) is 7.89. The average molecular weight is 222 g/mol. The van der Waals surface area contributed by atoms with E-state index in [-0.39, 0.29) is 18.5 Å². The van der Waals surface area contributed by atoms with Gasteiger partial charge in [0.1, 0.15) is 0 Å². The number of ether oxygens (including phenoxy) is 1. The molecule has 0 radical (unpaired) electrons. The fourth-order valence-corrected chi connectivity index (χ4v) is 0.974. The molecule has 84 valence electrons. The minimum atomic E-state index is -4.46. The van der Waals surface area contributed by atoms with Crippen LogP contribution in [0, 0.1) is 0 Å². The molecule has 0 amide bonds. The number of hydrogen-bond acceptors (Lipinski definition) is 3. The number of halogens is 3. The highest BCUT2D eigenvalue weighted by atomic mass is 19.4. The number of rotatable bonds is 3. The number of esters is 1. The zero-order chi connectivity index (χ0) is 11.5. The van der Waals surface area contributed by atoms with Crippen LogP contribution in [0.1, 0.15) is 17.8 Å². The van der Waals surface area contributed by atoms with Gasteiger partial charge in [0, 0.05) is 5.69 Å². The Hall–Kier alpha value is -1.53. The van der Waals surface area contributed by atoms with E-state index in [4.69, 9.17) is 0 Å².